The lowest BCUT2D eigenvalue weighted by molar-refractivity contribution is -0.274. The molecular weight excluding hydrogens is 357 g/mol. The van der Waals surface area contributed by atoms with Gasteiger partial charge in [-0.05, 0) is 36.4 Å². The van der Waals surface area contributed by atoms with Crippen LogP contribution in [-0.2, 0) is 14.3 Å². The lowest BCUT2D eigenvalue weighted by Crippen LogP contribution is -2.23. The standard InChI is InChI=1S/C17H13F3O6/c18-17(19,20)26-14-8-6-13(7-9-14)24-11-16(22)25-15(21)10-23-12-4-2-1-3-5-12/h1-9H,10-11H2. The van der Waals surface area contributed by atoms with Crippen molar-refractivity contribution in [3.05, 3.63) is 54.6 Å². The second-order valence-electron chi connectivity index (χ2n) is 4.76. The summed E-state index contributed by atoms with van der Waals surface area (Å²) in [4.78, 5) is 23.0. The summed E-state index contributed by atoms with van der Waals surface area (Å²) in [5, 5.41) is 0. The van der Waals surface area contributed by atoms with Crippen molar-refractivity contribution in [3.63, 3.8) is 0 Å². The summed E-state index contributed by atoms with van der Waals surface area (Å²) in [7, 11) is 0. The van der Waals surface area contributed by atoms with Gasteiger partial charge in [0.1, 0.15) is 17.2 Å². The van der Waals surface area contributed by atoms with E-state index in [1.165, 1.54) is 12.1 Å². The number of carbonyl (C=O) groups excluding carboxylic acids is 2. The fraction of sp³-hybridized carbons (Fsp3) is 0.176. The summed E-state index contributed by atoms with van der Waals surface area (Å²) in [5.74, 6) is -1.77. The highest BCUT2D eigenvalue weighted by Crippen LogP contribution is 2.24. The van der Waals surface area contributed by atoms with Crippen molar-refractivity contribution < 1.29 is 41.7 Å². The molecule has 0 spiro atoms. The molecule has 0 amide bonds. The van der Waals surface area contributed by atoms with E-state index in [1.807, 2.05) is 0 Å². The maximum Gasteiger partial charge on any atom is 0.573 e. The van der Waals surface area contributed by atoms with E-state index in [9.17, 15) is 22.8 Å². The lowest BCUT2D eigenvalue weighted by atomic mass is 10.3. The van der Waals surface area contributed by atoms with E-state index in [-0.39, 0.29) is 5.75 Å². The molecule has 0 aromatic heterocycles. The van der Waals surface area contributed by atoms with Crippen molar-refractivity contribution in [2.24, 2.45) is 0 Å². The zero-order valence-electron chi connectivity index (χ0n) is 13.2. The topological polar surface area (TPSA) is 71.1 Å². The minimum Gasteiger partial charge on any atom is -0.482 e. The van der Waals surface area contributed by atoms with Crippen molar-refractivity contribution in [2.45, 2.75) is 6.36 Å². The van der Waals surface area contributed by atoms with Gasteiger partial charge in [0.15, 0.2) is 13.2 Å². The maximum atomic E-state index is 12.0. The number of rotatable bonds is 7. The lowest BCUT2D eigenvalue weighted by Gasteiger charge is -2.10. The molecule has 9 heteroatoms. The maximum absolute atomic E-state index is 12.0. The summed E-state index contributed by atoms with van der Waals surface area (Å²) in [5.41, 5.74) is 0. The Morgan fingerprint density at radius 1 is 0.731 bits per heavy atom. The van der Waals surface area contributed by atoms with E-state index >= 15 is 0 Å². The monoisotopic (exact) mass is 370 g/mol. The molecule has 0 unspecified atom stereocenters. The van der Waals surface area contributed by atoms with E-state index in [0.29, 0.717) is 5.75 Å². The van der Waals surface area contributed by atoms with E-state index in [4.69, 9.17) is 9.47 Å². The van der Waals surface area contributed by atoms with Crippen LogP contribution >= 0.6 is 0 Å². The van der Waals surface area contributed by atoms with Gasteiger partial charge in [0, 0.05) is 0 Å². The first-order valence-electron chi connectivity index (χ1n) is 7.22. The number of benzene rings is 2. The Kier molecular flexibility index (Phi) is 6.42. The normalized spacial score (nSPS) is 10.7. The Morgan fingerprint density at radius 3 is 1.69 bits per heavy atom. The first-order chi connectivity index (χ1) is 12.3. The molecule has 0 aliphatic carbocycles. The van der Waals surface area contributed by atoms with E-state index in [0.717, 1.165) is 12.1 Å². The molecule has 138 valence electrons. The van der Waals surface area contributed by atoms with Gasteiger partial charge in [-0.15, -0.1) is 13.2 Å². The van der Waals surface area contributed by atoms with E-state index in [1.54, 1.807) is 30.3 Å². The number of para-hydroxylation sites is 1. The average molecular weight is 370 g/mol. The van der Waals surface area contributed by atoms with Crippen molar-refractivity contribution >= 4 is 11.9 Å². The van der Waals surface area contributed by atoms with Crippen molar-refractivity contribution in [1.82, 2.24) is 0 Å². The van der Waals surface area contributed by atoms with Gasteiger partial charge in [-0.2, -0.15) is 0 Å². The molecule has 0 fully saturated rings. The molecule has 26 heavy (non-hydrogen) atoms. The third-order valence-corrected chi connectivity index (χ3v) is 2.74. The number of carbonyl (C=O) groups is 2. The minimum atomic E-state index is -4.80. The van der Waals surface area contributed by atoms with E-state index < -0.39 is 37.3 Å². The number of halogens is 3. The van der Waals surface area contributed by atoms with Crippen LogP contribution < -0.4 is 14.2 Å². The van der Waals surface area contributed by atoms with Crippen LogP contribution in [0.2, 0.25) is 0 Å². The fourth-order valence-electron chi connectivity index (χ4n) is 1.72. The number of esters is 2. The Bertz CT molecular complexity index is 728. The van der Waals surface area contributed by atoms with Gasteiger partial charge in [0.25, 0.3) is 0 Å². The van der Waals surface area contributed by atoms with Gasteiger partial charge in [-0.25, -0.2) is 9.59 Å². The fourth-order valence-corrected chi connectivity index (χ4v) is 1.72. The van der Waals surface area contributed by atoms with Crippen molar-refractivity contribution in [1.29, 1.82) is 0 Å². The summed E-state index contributed by atoms with van der Waals surface area (Å²) < 4.78 is 54.4. The highest BCUT2D eigenvalue weighted by Gasteiger charge is 2.31. The number of hydrogen-bond donors (Lipinski definition) is 0. The predicted molar refractivity (Wildman–Crippen MR) is 81.7 cm³/mol. The molecule has 0 aliphatic rings. The third kappa shape index (κ3) is 7.12. The highest BCUT2D eigenvalue weighted by atomic mass is 19.4. The molecule has 0 saturated heterocycles. The van der Waals surface area contributed by atoms with Crippen LogP contribution in [0.25, 0.3) is 0 Å². The molecular formula is C17H13F3O6. The van der Waals surface area contributed by atoms with Crippen LogP contribution in [-0.4, -0.2) is 31.5 Å². The number of hydrogen-bond acceptors (Lipinski definition) is 6. The smallest absolute Gasteiger partial charge is 0.482 e. The van der Waals surface area contributed by atoms with Crippen molar-refractivity contribution in [2.75, 3.05) is 13.2 Å². The second kappa shape index (κ2) is 8.75. The summed E-state index contributed by atoms with van der Waals surface area (Å²) in [6.07, 6.45) is -4.80. The summed E-state index contributed by atoms with van der Waals surface area (Å²) in [6, 6.07) is 12.8. The summed E-state index contributed by atoms with van der Waals surface area (Å²) in [6.45, 7) is -1.06. The second-order valence-corrected chi connectivity index (χ2v) is 4.76. The van der Waals surface area contributed by atoms with Crippen molar-refractivity contribution in [3.8, 4) is 17.2 Å². The molecule has 0 radical (unpaired) electrons. The van der Waals surface area contributed by atoms with Gasteiger partial charge >= 0.3 is 18.3 Å². The number of ether oxygens (including phenoxy) is 4. The van der Waals surface area contributed by atoms with Gasteiger partial charge in [0.2, 0.25) is 0 Å². The molecule has 6 nitrogen and oxygen atoms in total. The zero-order chi connectivity index (χ0) is 19.0. The zero-order valence-corrected chi connectivity index (χ0v) is 13.2. The van der Waals surface area contributed by atoms with Crippen LogP contribution in [0, 0.1) is 0 Å². The number of alkyl halides is 3. The third-order valence-electron chi connectivity index (χ3n) is 2.74. The van der Waals surface area contributed by atoms with Crippen LogP contribution in [0.1, 0.15) is 0 Å². The minimum absolute atomic E-state index is 0.101. The molecule has 0 bridgehead atoms. The molecule has 2 aromatic carbocycles. The molecule has 0 heterocycles. The van der Waals surface area contributed by atoms with Crippen LogP contribution in [0.4, 0.5) is 13.2 Å². The molecule has 0 atom stereocenters. The Balaban J connectivity index is 1.71. The van der Waals surface area contributed by atoms with Gasteiger partial charge in [-0.3, -0.25) is 0 Å². The Morgan fingerprint density at radius 2 is 1.19 bits per heavy atom. The molecule has 2 aromatic rings. The summed E-state index contributed by atoms with van der Waals surface area (Å²) >= 11 is 0. The Labute approximate surface area is 146 Å². The first-order valence-corrected chi connectivity index (χ1v) is 7.22. The van der Waals surface area contributed by atoms with Crippen LogP contribution in [0.15, 0.2) is 54.6 Å². The van der Waals surface area contributed by atoms with Crippen LogP contribution in [0.5, 0.6) is 17.2 Å². The van der Waals surface area contributed by atoms with Gasteiger partial charge in [0.05, 0.1) is 0 Å². The van der Waals surface area contributed by atoms with Gasteiger partial charge < -0.3 is 18.9 Å². The largest absolute Gasteiger partial charge is 0.573 e. The predicted octanol–water partition coefficient (Wildman–Crippen LogP) is 3.11. The molecule has 0 saturated carbocycles. The van der Waals surface area contributed by atoms with Crippen LogP contribution in [0.3, 0.4) is 0 Å². The average Bonchev–Trinajstić information content (AvgIpc) is 2.59. The van der Waals surface area contributed by atoms with Gasteiger partial charge in [-0.1, -0.05) is 18.2 Å². The molecule has 2 rings (SSSR count). The highest BCUT2D eigenvalue weighted by molar-refractivity contribution is 5.86. The van der Waals surface area contributed by atoms with E-state index in [2.05, 4.69) is 9.47 Å². The molecule has 0 aliphatic heterocycles. The quantitative estimate of drug-likeness (QED) is 0.551. The molecule has 0 N–H and O–H groups in total. The Hall–Kier alpha value is -3.23. The first kappa shape index (κ1) is 19.1. The SMILES string of the molecule is O=C(COc1ccccc1)OC(=O)COc1ccc(OC(F)(F)F)cc1.